The van der Waals surface area contributed by atoms with Gasteiger partial charge in [-0.3, -0.25) is 9.69 Å². The number of nitrogens with zero attached hydrogens (tertiary/aromatic N) is 2. The van der Waals surface area contributed by atoms with E-state index in [4.69, 9.17) is 9.26 Å². The van der Waals surface area contributed by atoms with Gasteiger partial charge in [0.25, 0.3) is 5.91 Å². The summed E-state index contributed by atoms with van der Waals surface area (Å²) in [7, 11) is 0. The number of rotatable bonds is 8. The Hall–Kier alpha value is -2.38. The lowest BCUT2D eigenvalue weighted by atomic mass is 10.0. The van der Waals surface area contributed by atoms with Crippen LogP contribution in [-0.4, -0.2) is 53.4 Å². The molecule has 2 N–H and O–H groups in total. The van der Waals surface area contributed by atoms with Crippen LogP contribution in [0.4, 0.5) is 0 Å². The average molecular weight is 387 g/mol. The van der Waals surface area contributed by atoms with Gasteiger partial charge in [-0.1, -0.05) is 29.8 Å². The lowest BCUT2D eigenvalue weighted by Gasteiger charge is -2.34. The summed E-state index contributed by atoms with van der Waals surface area (Å²) in [5.74, 6) is 1.06. The van der Waals surface area contributed by atoms with Gasteiger partial charge in [0.05, 0.1) is 6.61 Å². The van der Waals surface area contributed by atoms with Crippen molar-refractivity contribution in [3.05, 3.63) is 46.8 Å². The van der Waals surface area contributed by atoms with Crippen LogP contribution in [0.5, 0.6) is 5.75 Å². The summed E-state index contributed by atoms with van der Waals surface area (Å²) in [6.07, 6.45) is 3.30. The van der Waals surface area contributed by atoms with Gasteiger partial charge in [0.2, 0.25) is 0 Å². The minimum absolute atomic E-state index is 0.168. The largest absolute Gasteiger partial charge is 0.485 e. The Morgan fingerprint density at radius 1 is 1.36 bits per heavy atom. The van der Waals surface area contributed by atoms with E-state index in [0.29, 0.717) is 12.3 Å². The number of hydrogen-bond donors (Lipinski definition) is 2. The van der Waals surface area contributed by atoms with Crippen LogP contribution in [0.2, 0.25) is 0 Å². The molecule has 1 aromatic heterocycles. The Morgan fingerprint density at radius 3 is 2.89 bits per heavy atom. The van der Waals surface area contributed by atoms with Crippen LogP contribution in [0.15, 0.2) is 28.8 Å². The second-order valence-corrected chi connectivity index (χ2v) is 7.31. The molecule has 7 heteroatoms. The van der Waals surface area contributed by atoms with Crippen molar-refractivity contribution in [1.82, 2.24) is 15.4 Å². The van der Waals surface area contributed by atoms with Crippen molar-refractivity contribution < 1.29 is 19.2 Å². The summed E-state index contributed by atoms with van der Waals surface area (Å²) in [5.41, 5.74) is 2.35. The quantitative estimate of drug-likeness (QED) is 0.723. The van der Waals surface area contributed by atoms with Gasteiger partial charge in [-0.25, -0.2) is 0 Å². The first-order valence-corrected chi connectivity index (χ1v) is 9.86. The van der Waals surface area contributed by atoms with Crippen LogP contribution in [0.25, 0.3) is 0 Å². The second-order valence-electron chi connectivity index (χ2n) is 7.31. The number of ether oxygens (including phenoxy) is 1. The van der Waals surface area contributed by atoms with Crippen molar-refractivity contribution in [2.24, 2.45) is 0 Å². The summed E-state index contributed by atoms with van der Waals surface area (Å²) >= 11 is 0. The molecule has 0 saturated carbocycles. The number of carbonyl (C=O) groups is 1. The standard InChI is InChI=1S/C21H29N3O4/c1-15-6-5-7-16(2)20(15)27-14-18-12-19(23-28-18)21(26)22-9-11-24-10-4-3-8-17(24)13-25/h5-7,12,17,25H,3-4,8-11,13-14H2,1-2H3,(H,22,26)/t17-/m0/s1. The Bertz CT molecular complexity index is 769. The number of aromatic nitrogens is 1. The highest BCUT2D eigenvalue weighted by atomic mass is 16.5. The molecule has 1 atom stereocenters. The van der Waals surface area contributed by atoms with Crippen molar-refractivity contribution in [3.63, 3.8) is 0 Å². The summed E-state index contributed by atoms with van der Waals surface area (Å²) in [6, 6.07) is 7.78. The summed E-state index contributed by atoms with van der Waals surface area (Å²) in [6.45, 7) is 6.56. The van der Waals surface area contributed by atoms with Gasteiger partial charge in [0.15, 0.2) is 11.5 Å². The van der Waals surface area contributed by atoms with Gasteiger partial charge in [0, 0.05) is 25.2 Å². The predicted molar refractivity (Wildman–Crippen MR) is 105 cm³/mol. The zero-order valence-corrected chi connectivity index (χ0v) is 16.6. The molecule has 28 heavy (non-hydrogen) atoms. The first-order chi connectivity index (χ1) is 13.6. The van der Waals surface area contributed by atoms with E-state index >= 15 is 0 Å². The average Bonchev–Trinajstić information content (AvgIpc) is 3.17. The van der Waals surface area contributed by atoms with Crippen molar-refractivity contribution >= 4 is 5.91 Å². The maximum Gasteiger partial charge on any atom is 0.273 e. The molecular weight excluding hydrogens is 358 g/mol. The highest BCUT2D eigenvalue weighted by Gasteiger charge is 2.21. The molecule has 0 aliphatic carbocycles. The van der Waals surface area contributed by atoms with Gasteiger partial charge in [-0.15, -0.1) is 0 Å². The zero-order valence-electron chi connectivity index (χ0n) is 16.6. The summed E-state index contributed by atoms with van der Waals surface area (Å²) < 4.78 is 11.1. The number of benzene rings is 1. The number of para-hydroxylation sites is 1. The molecule has 0 spiro atoms. The highest BCUT2D eigenvalue weighted by molar-refractivity contribution is 5.92. The van der Waals surface area contributed by atoms with Gasteiger partial charge in [-0.2, -0.15) is 0 Å². The fraction of sp³-hybridized carbons (Fsp3) is 0.524. The van der Waals surface area contributed by atoms with Crippen LogP contribution in [0.1, 0.15) is 46.6 Å². The van der Waals surface area contributed by atoms with Crippen LogP contribution >= 0.6 is 0 Å². The topological polar surface area (TPSA) is 87.8 Å². The monoisotopic (exact) mass is 387 g/mol. The normalized spacial score (nSPS) is 17.5. The Balaban J connectivity index is 1.47. The molecule has 1 saturated heterocycles. The van der Waals surface area contributed by atoms with Crippen molar-refractivity contribution in [3.8, 4) is 5.75 Å². The minimum atomic E-state index is -0.264. The third kappa shape index (κ3) is 5.11. The van der Waals surface area contributed by atoms with Crippen LogP contribution < -0.4 is 10.1 Å². The number of carbonyl (C=O) groups excluding carboxylic acids is 1. The van der Waals surface area contributed by atoms with Crippen LogP contribution in [0, 0.1) is 13.8 Å². The van der Waals surface area contributed by atoms with Crippen molar-refractivity contribution in [1.29, 1.82) is 0 Å². The number of hydrogen-bond acceptors (Lipinski definition) is 6. The SMILES string of the molecule is Cc1cccc(C)c1OCc1cc(C(=O)NCCN2CCCC[C@H]2CO)no1. The fourth-order valence-corrected chi connectivity index (χ4v) is 3.62. The van der Waals surface area contributed by atoms with E-state index < -0.39 is 0 Å². The van der Waals surface area contributed by atoms with E-state index in [1.165, 1.54) is 0 Å². The maximum absolute atomic E-state index is 12.3. The molecule has 2 aromatic rings. The minimum Gasteiger partial charge on any atom is -0.485 e. The van der Waals surface area contributed by atoms with Gasteiger partial charge in [0.1, 0.15) is 12.4 Å². The van der Waals surface area contributed by atoms with Gasteiger partial charge in [-0.05, 0) is 44.4 Å². The number of likely N-dealkylation sites (tertiary alicyclic amines) is 1. The van der Waals surface area contributed by atoms with Crippen molar-refractivity contribution in [2.75, 3.05) is 26.2 Å². The Morgan fingerprint density at radius 2 is 2.14 bits per heavy atom. The molecule has 152 valence electrons. The third-order valence-electron chi connectivity index (χ3n) is 5.20. The number of aliphatic hydroxyl groups excluding tert-OH is 1. The zero-order chi connectivity index (χ0) is 19.9. The van der Waals surface area contributed by atoms with Gasteiger partial charge >= 0.3 is 0 Å². The summed E-state index contributed by atoms with van der Waals surface area (Å²) in [5, 5.41) is 16.2. The lowest BCUT2D eigenvalue weighted by molar-refractivity contribution is 0.0845. The number of aliphatic hydroxyl groups is 1. The number of aryl methyl sites for hydroxylation is 2. The molecule has 1 aliphatic rings. The predicted octanol–water partition coefficient (Wildman–Crippen LogP) is 2.45. The molecule has 0 unspecified atom stereocenters. The molecule has 3 rings (SSSR count). The first-order valence-electron chi connectivity index (χ1n) is 9.86. The van der Waals surface area contributed by atoms with E-state index in [-0.39, 0.29) is 30.9 Å². The molecule has 0 bridgehead atoms. The molecule has 2 heterocycles. The van der Waals surface area contributed by atoms with Crippen LogP contribution in [0.3, 0.4) is 0 Å². The Labute approximate surface area is 165 Å². The first kappa shape index (κ1) is 20.4. The third-order valence-corrected chi connectivity index (χ3v) is 5.20. The van der Waals surface area contributed by atoms with E-state index in [1.54, 1.807) is 6.07 Å². The molecule has 1 fully saturated rings. The van der Waals surface area contributed by atoms with E-state index in [0.717, 1.165) is 49.2 Å². The number of nitrogens with one attached hydrogen (secondary N) is 1. The molecule has 1 amide bonds. The van der Waals surface area contributed by atoms with Crippen LogP contribution in [-0.2, 0) is 6.61 Å². The fourth-order valence-electron chi connectivity index (χ4n) is 3.62. The summed E-state index contributed by atoms with van der Waals surface area (Å²) in [4.78, 5) is 14.5. The number of amides is 1. The molecule has 7 nitrogen and oxygen atoms in total. The van der Waals surface area contributed by atoms with E-state index in [1.807, 2.05) is 32.0 Å². The van der Waals surface area contributed by atoms with Gasteiger partial charge < -0.3 is 19.7 Å². The molecule has 1 aromatic carbocycles. The van der Waals surface area contributed by atoms with E-state index in [2.05, 4.69) is 15.4 Å². The second kappa shape index (κ2) is 9.71. The van der Waals surface area contributed by atoms with Crippen molar-refractivity contribution in [2.45, 2.75) is 45.8 Å². The smallest absolute Gasteiger partial charge is 0.273 e. The Kier molecular flexibility index (Phi) is 7.06. The highest BCUT2D eigenvalue weighted by Crippen LogP contribution is 2.23. The lowest BCUT2D eigenvalue weighted by Crippen LogP contribution is -2.45. The number of piperidine rings is 1. The molecule has 1 aliphatic heterocycles. The van der Waals surface area contributed by atoms with E-state index in [9.17, 15) is 9.90 Å². The maximum atomic E-state index is 12.3. The molecular formula is C21H29N3O4. The molecule has 0 radical (unpaired) electrons.